The number of carbonyl (C=O) groups excluding carboxylic acids is 2. The van der Waals surface area contributed by atoms with Gasteiger partial charge in [-0.15, -0.1) is 11.3 Å². The van der Waals surface area contributed by atoms with Crippen molar-refractivity contribution in [1.29, 1.82) is 0 Å². The molecule has 0 bridgehead atoms. The number of aromatic nitrogens is 2. The lowest BCUT2D eigenvalue weighted by atomic mass is 10.2. The predicted octanol–water partition coefficient (Wildman–Crippen LogP) is 2.77. The highest BCUT2D eigenvalue weighted by Gasteiger charge is 2.20. The highest BCUT2D eigenvalue weighted by atomic mass is 32.1. The van der Waals surface area contributed by atoms with Crippen LogP contribution in [0.5, 0.6) is 0 Å². The van der Waals surface area contributed by atoms with Crippen molar-refractivity contribution in [2.24, 2.45) is 0 Å². The minimum atomic E-state index is -0.448. The zero-order valence-corrected chi connectivity index (χ0v) is 18.6. The van der Waals surface area contributed by atoms with Gasteiger partial charge in [-0.25, -0.2) is 4.98 Å². The largest absolute Gasteiger partial charge is 0.378 e. The Bertz CT molecular complexity index is 1110. The Balaban J connectivity index is 1.43. The number of anilines is 1. The lowest BCUT2D eigenvalue weighted by molar-refractivity contribution is 0.0844. The number of nitrogens with one attached hydrogen (secondary N) is 2. The molecule has 0 spiro atoms. The number of amides is 2. The zero-order valence-electron chi connectivity index (χ0n) is 17.8. The van der Waals surface area contributed by atoms with Crippen LogP contribution in [-0.4, -0.2) is 47.7 Å². The van der Waals surface area contributed by atoms with E-state index in [1.54, 1.807) is 5.38 Å². The van der Waals surface area contributed by atoms with Crippen molar-refractivity contribution in [1.82, 2.24) is 20.4 Å². The van der Waals surface area contributed by atoms with E-state index in [0.29, 0.717) is 18.8 Å². The fourth-order valence-electron chi connectivity index (χ4n) is 3.67. The first-order valence-electron chi connectivity index (χ1n) is 10.1. The summed E-state index contributed by atoms with van der Waals surface area (Å²) < 4.78 is 7.37. The van der Waals surface area contributed by atoms with Crippen LogP contribution in [0.3, 0.4) is 0 Å². The van der Waals surface area contributed by atoms with Crippen LogP contribution >= 0.6 is 11.3 Å². The molecule has 2 N–H and O–H groups in total. The Labute approximate surface area is 184 Å². The third-order valence-electron chi connectivity index (χ3n) is 5.23. The number of ether oxygens (including phenoxy) is 1. The molecule has 0 atom stereocenters. The summed E-state index contributed by atoms with van der Waals surface area (Å²) in [7, 11) is 0. The molecular formula is C22H25N5O3S. The fraction of sp³-hybridized carbons (Fsp3) is 0.318. The molecule has 0 radical (unpaired) electrons. The number of morpholine rings is 1. The van der Waals surface area contributed by atoms with Gasteiger partial charge in [0.15, 0.2) is 5.13 Å². The van der Waals surface area contributed by atoms with Crippen LogP contribution in [0.1, 0.15) is 37.8 Å². The molecular weight excluding hydrogens is 414 g/mol. The van der Waals surface area contributed by atoms with Crippen LogP contribution in [0, 0.1) is 20.8 Å². The first kappa shape index (κ1) is 21.1. The van der Waals surface area contributed by atoms with E-state index < -0.39 is 5.91 Å². The van der Waals surface area contributed by atoms with Crippen LogP contribution in [-0.2, 0) is 4.74 Å². The Kier molecular flexibility index (Phi) is 6.06. The van der Waals surface area contributed by atoms with Crippen molar-refractivity contribution >= 4 is 28.3 Å². The van der Waals surface area contributed by atoms with Crippen molar-refractivity contribution in [2.75, 3.05) is 31.2 Å². The van der Waals surface area contributed by atoms with E-state index in [1.807, 2.05) is 49.6 Å². The Morgan fingerprint density at radius 3 is 2.55 bits per heavy atom. The second-order valence-corrected chi connectivity index (χ2v) is 8.32. The highest BCUT2D eigenvalue weighted by molar-refractivity contribution is 7.13. The number of hydrogen-bond acceptors (Lipinski definition) is 6. The lowest BCUT2D eigenvalue weighted by Gasteiger charge is -2.25. The molecule has 0 aliphatic carbocycles. The van der Waals surface area contributed by atoms with E-state index in [-0.39, 0.29) is 11.6 Å². The molecule has 1 aliphatic heterocycles. The smallest absolute Gasteiger partial charge is 0.289 e. The van der Waals surface area contributed by atoms with E-state index in [0.717, 1.165) is 40.9 Å². The van der Waals surface area contributed by atoms with E-state index in [9.17, 15) is 9.59 Å². The number of aryl methyl sites for hydroxylation is 2. The van der Waals surface area contributed by atoms with Crippen LogP contribution in [0.15, 0.2) is 35.7 Å². The molecule has 1 saturated heterocycles. The number of thiazole rings is 1. The van der Waals surface area contributed by atoms with Crippen LogP contribution in [0.25, 0.3) is 5.69 Å². The van der Waals surface area contributed by atoms with Gasteiger partial charge < -0.3 is 14.2 Å². The molecule has 3 aromatic rings. The fourth-order valence-corrected chi connectivity index (χ4v) is 4.53. The third-order valence-corrected chi connectivity index (χ3v) is 6.13. The molecule has 9 heteroatoms. The SMILES string of the molecule is Cc1cccc(-n2c(C)cc(C(=O)NNC(=O)c3csc(N4CCOCC4)n3)c2C)c1. The highest BCUT2D eigenvalue weighted by Crippen LogP contribution is 2.22. The number of hydrogen-bond donors (Lipinski definition) is 2. The van der Waals surface area contributed by atoms with Gasteiger partial charge in [-0.05, 0) is 44.5 Å². The first-order valence-corrected chi connectivity index (χ1v) is 11.0. The third kappa shape index (κ3) is 4.47. The molecule has 2 aromatic heterocycles. The van der Waals surface area contributed by atoms with Gasteiger partial charge in [0.05, 0.1) is 18.8 Å². The lowest BCUT2D eigenvalue weighted by Crippen LogP contribution is -2.42. The minimum absolute atomic E-state index is 0.275. The average molecular weight is 440 g/mol. The van der Waals surface area contributed by atoms with Crippen molar-refractivity contribution in [3.63, 3.8) is 0 Å². The normalized spacial score (nSPS) is 13.8. The number of rotatable bonds is 4. The van der Waals surface area contributed by atoms with Gasteiger partial charge in [0.25, 0.3) is 11.8 Å². The summed E-state index contributed by atoms with van der Waals surface area (Å²) in [5.41, 5.74) is 9.64. The zero-order chi connectivity index (χ0) is 22.0. The van der Waals surface area contributed by atoms with Gasteiger partial charge >= 0.3 is 0 Å². The maximum Gasteiger partial charge on any atom is 0.289 e. The van der Waals surface area contributed by atoms with Crippen molar-refractivity contribution < 1.29 is 14.3 Å². The van der Waals surface area contributed by atoms with Gasteiger partial charge in [0.2, 0.25) is 0 Å². The molecule has 1 aliphatic rings. The van der Waals surface area contributed by atoms with Crippen molar-refractivity contribution in [2.45, 2.75) is 20.8 Å². The van der Waals surface area contributed by atoms with Crippen molar-refractivity contribution in [3.05, 3.63) is 63.9 Å². The molecule has 31 heavy (non-hydrogen) atoms. The van der Waals surface area contributed by atoms with Crippen molar-refractivity contribution in [3.8, 4) is 5.69 Å². The molecule has 162 valence electrons. The topological polar surface area (TPSA) is 88.5 Å². The summed E-state index contributed by atoms with van der Waals surface area (Å²) in [5.74, 6) is -0.819. The molecule has 2 amide bonds. The molecule has 3 heterocycles. The summed E-state index contributed by atoms with van der Waals surface area (Å²) in [4.78, 5) is 31.7. The van der Waals surface area contributed by atoms with Gasteiger partial charge in [0, 0.05) is 35.5 Å². The minimum Gasteiger partial charge on any atom is -0.378 e. The maximum atomic E-state index is 12.7. The second-order valence-electron chi connectivity index (χ2n) is 7.48. The van der Waals surface area contributed by atoms with Gasteiger partial charge in [-0.3, -0.25) is 20.4 Å². The monoisotopic (exact) mass is 439 g/mol. The quantitative estimate of drug-likeness (QED) is 0.611. The Morgan fingerprint density at radius 1 is 1.06 bits per heavy atom. The molecule has 1 fully saturated rings. The summed E-state index contributed by atoms with van der Waals surface area (Å²) in [5, 5.41) is 2.47. The molecule has 8 nitrogen and oxygen atoms in total. The van der Waals surface area contributed by atoms with Gasteiger partial charge in [-0.1, -0.05) is 12.1 Å². The van der Waals surface area contributed by atoms with Crippen LogP contribution in [0.2, 0.25) is 0 Å². The first-order chi connectivity index (χ1) is 14.9. The molecule has 0 unspecified atom stereocenters. The average Bonchev–Trinajstić information content (AvgIpc) is 3.37. The Morgan fingerprint density at radius 2 is 1.81 bits per heavy atom. The Hall–Kier alpha value is -3.17. The summed E-state index contributed by atoms with van der Waals surface area (Å²) in [6.07, 6.45) is 0. The summed E-state index contributed by atoms with van der Waals surface area (Å²) >= 11 is 1.40. The number of nitrogens with zero attached hydrogens (tertiary/aromatic N) is 3. The maximum absolute atomic E-state index is 12.7. The van der Waals surface area contributed by atoms with E-state index in [4.69, 9.17) is 4.74 Å². The van der Waals surface area contributed by atoms with E-state index in [1.165, 1.54) is 11.3 Å². The molecule has 0 saturated carbocycles. The molecule has 1 aromatic carbocycles. The number of hydrazine groups is 1. The second kappa shape index (κ2) is 8.91. The number of benzene rings is 1. The number of carbonyl (C=O) groups is 2. The van der Waals surface area contributed by atoms with E-state index >= 15 is 0 Å². The summed E-state index contributed by atoms with van der Waals surface area (Å²) in [6, 6.07) is 9.91. The predicted molar refractivity (Wildman–Crippen MR) is 120 cm³/mol. The van der Waals surface area contributed by atoms with E-state index in [2.05, 4.69) is 26.8 Å². The molecule has 4 rings (SSSR count). The van der Waals surface area contributed by atoms with Gasteiger partial charge in [0.1, 0.15) is 5.69 Å². The van der Waals surface area contributed by atoms with Gasteiger partial charge in [-0.2, -0.15) is 0 Å². The standard InChI is InChI=1S/C22H25N5O3S/c1-14-5-4-6-17(11-14)27-15(2)12-18(16(27)3)20(28)24-25-21(29)19-13-31-22(23-19)26-7-9-30-10-8-26/h4-6,11-13H,7-10H2,1-3H3,(H,24,28)(H,25,29). The van der Waals surface area contributed by atoms with Crippen LogP contribution in [0.4, 0.5) is 5.13 Å². The van der Waals surface area contributed by atoms with Crippen LogP contribution < -0.4 is 15.8 Å². The summed E-state index contributed by atoms with van der Waals surface area (Å²) in [6.45, 7) is 8.68.